The molecule has 0 aliphatic heterocycles. The van der Waals surface area contributed by atoms with Crippen molar-refractivity contribution < 1.29 is 19.4 Å². The van der Waals surface area contributed by atoms with Crippen molar-refractivity contribution in [2.45, 2.75) is 0 Å². The Balaban J connectivity index is 2.36. The SMILES string of the molecule is COCCN(CC(=O)O)C(=O)c1nn(C)c2ccccc12. The Bertz CT molecular complexity index is 665. The molecular weight excluding hydrogens is 274 g/mol. The Hall–Kier alpha value is -2.41. The van der Waals surface area contributed by atoms with Gasteiger partial charge in [0.15, 0.2) is 5.69 Å². The molecule has 7 nitrogen and oxygen atoms in total. The van der Waals surface area contributed by atoms with Gasteiger partial charge >= 0.3 is 5.97 Å². The van der Waals surface area contributed by atoms with Crippen LogP contribution in [0.5, 0.6) is 0 Å². The number of carboxylic acids is 1. The number of ether oxygens (including phenoxy) is 1. The summed E-state index contributed by atoms with van der Waals surface area (Å²) in [6.45, 7) is 0.0867. The van der Waals surface area contributed by atoms with E-state index in [4.69, 9.17) is 9.84 Å². The highest BCUT2D eigenvalue weighted by molar-refractivity contribution is 6.05. The number of benzene rings is 1. The second-order valence-corrected chi connectivity index (χ2v) is 4.60. The van der Waals surface area contributed by atoms with Gasteiger partial charge in [-0.2, -0.15) is 5.10 Å². The highest BCUT2D eigenvalue weighted by atomic mass is 16.5. The van der Waals surface area contributed by atoms with Crippen LogP contribution in [0.2, 0.25) is 0 Å². The maximum atomic E-state index is 12.5. The molecule has 0 saturated heterocycles. The molecular formula is C14H17N3O4. The maximum absolute atomic E-state index is 12.5. The van der Waals surface area contributed by atoms with Crippen LogP contribution < -0.4 is 0 Å². The van der Waals surface area contributed by atoms with Gasteiger partial charge in [-0.15, -0.1) is 0 Å². The third-order valence-corrected chi connectivity index (χ3v) is 3.14. The van der Waals surface area contributed by atoms with E-state index in [1.165, 1.54) is 12.0 Å². The summed E-state index contributed by atoms with van der Waals surface area (Å²) in [4.78, 5) is 24.7. The van der Waals surface area contributed by atoms with Crippen LogP contribution in [0.25, 0.3) is 10.9 Å². The molecule has 1 N–H and O–H groups in total. The molecule has 0 aliphatic carbocycles. The number of amides is 1. The van der Waals surface area contributed by atoms with Gasteiger partial charge in [0.05, 0.1) is 12.1 Å². The normalized spacial score (nSPS) is 10.8. The highest BCUT2D eigenvalue weighted by Crippen LogP contribution is 2.18. The van der Waals surface area contributed by atoms with Gasteiger partial charge in [-0.05, 0) is 6.07 Å². The number of carboxylic acid groups (broad SMARTS) is 1. The number of aryl methyl sites for hydroxylation is 1. The average molecular weight is 291 g/mol. The number of aromatic nitrogens is 2. The Morgan fingerprint density at radius 3 is 2.76 bits per heavy atom. The molecule has 0 spiro atoms. The summed E-state index contributed by atoms with van der Waals surface area (Å²) in [5.41, 5.74) is 1.08. The topological polar surface area (TPSA) is 84.7 Å². The second kappa shape index (κ2) is 6.36. The molecule has 7 heteroatoms. The van der Waals surface area contributed by atoms with Gasteiger partial charge in [-0.1, -0.05) is 18.2 Å². The zero-order chi connectivity index (χ0) is 15.4. The Morgan fingerprint density at radius 2 is 2.10 bits per heavy atom. The van der Waals surface area contributed by atoms with E-state index >= 15 is 0 Å². The molecule has 1 aromatic carbocycles. The van der Waals surface area contributed by atoms with Crippen molar-refractivity contribution in [3.8, 4) is 0 Å². The number of methoxy groups -OCH3 is 1. The van der Waals surface area contributed by atoms with E-state index in [1.807, 2.05) is 18.2 Å². The summed E-state index contributed by atoms with van der Waals surface area (Å²) < 4.78 is 6.53. The predicted molar refractivity (Wildman–Crippen MR) is 76.1 cm³/mol. The first-order valence-corrected chi connectivity index (χ1v) is 6.46. The van der Waals surface area contributed by atoms with E-state index in [-0.39, 0.29) is 25.4 Å². The minimum atomic E-state index is -1.07. The Labute approximate surface area is 121 Å². The zero-order valence-electron chi connectivity index (χ0n) is 11.9. The highest BCUT2D eigenvalue weighted by Gasteiger charge is 2.23. The molecule has 0 saturated carbocycles. The number of para-hydroxylation sites is 1. The van der Waals surface area contributed by atoms with Gasteiger partial charge in [-0.25, -0.2) is 0 Å². The molecule has 1 aromatic heterocycles. The first kappa shape index (κ1) is 15.0. The van der Waals surface area contributed by atoms with Crippen LogP contribution >= 0.6 is 0 Å². The summed E-state index contributed by atoms with van der Waals surface area (Å²) in [6.07, 6.45) is 0. The Kier molecular flexibility index (Phi) is 4.54. The summed E-state index contributed by atoms with van der Waals surface area (Å²) in [6, 6.07) is 7.33. The van der Waals surface area contributed by atoms with Crippen molar-refractivity contribution in [3.05, 3.63) is 30.0 Å². The third kappa shape index (κ3) is 3.19. The minimum Gasteiger partial charge on any atom is -0.480 e. The lowest BCUT2D eigenvalue weighted by Gasteiger charge is -2.19. The molecule has 21 heavy (non-hydrogen) atoms. The van der Waals surface area contributed by atoms with E-state index in [9.17, 15) is 9.59 Å². The summed E-state index contributed by atoms with van der Waals surface area (Å²) in [7, 11) is 3.25. The van der Waals surface area contributed by atoms with Crippen molar-refractivity contribution in [2.75, 3.05) is 26.8 Å². The van der Waals surface area contributed by atoms with Crippen LogP contribution in [0.15, 0.2) is 24.3 Å². The van der Waals surface area contributed by atoms with Gasteiger partial charge in [0.25, 0.3) is 5.91 Å². The molecule has 1 amide bonds. The third-order valence-electron chi connectivity index (χ3n) is 3.14. The molecule has 112 valence electrons. The summed E-state index contributed by atoms with van der Waals surface area (Å²) >= 11 is 0. The van der Waals surface area contributed by atoms with Crippen molar-refractivity contribution in [3.63, 3.8) is 0 Å². The van der Waals surface area contributed by atoms with Crippen molar-refractivity contribution >= 4 is 22.8 Å². The monoisotopic (exact) mass is 291 g/mol. The fourth-order valence-corrected chi connectivity index (χ4v) is 2.14. The van der Waals surface area contributed by atoms with Crippen LogP contribution in [0.3, 0.4) is 0 Å². The van der Waals surface area contributed by atoms with E-state index in [2.05, 4.69) is 5.10 Å². The van der Waals surface area contributed by atoms with E-state index in [0.717, 1.165) is 5.52 Å². The van der Waals surface area contributed by atoms with E-state index in [1.54, 1.807) is 17.8 Å². The quantitative estimate of drug-likeness (QED) is 0.848. The van der Waals surface area contributed by atoms with Crippen molar-refractivity contribution in [1.29, 1.82) is 0 Å². The second-order valence-electron chi connectivity index (χ2n) is 4.60. The fraction of sp³-hybridized carbons (Fsp3) is 0.357. The molecule has 2 aromatic rings. The van der Waals surface area contributed by atoms with Gasteiger partial charge in [0.2, 0.25) is 0 Å². The number of hydrogen-bond acceptors (Lipinski definition) is 4. The molecule has 1 heterocycles. The average Bonchev–Trinajstić information content (AvgIpc) is 2.80. The van der Waals surface area contributed by atoms with Gasteiger partial charge in [0, 0.05) is 26.1 Å². The number of rotatable bonds is 6. The zero-order valence-corrected chi connectivity index (χ0v) is 11.9. The minimum absolute atomic E-state index is 0.201. The lowest BCUT2D eigenvalue weighted by atomic mass is 10.2. The molecule has 2 rings (SSSR count). The van der Waals surface area contributed by atoms with Crippen LogP contribution in [-0.4, -0.2) is 58.5 Å². The predicted octanol–water partition coefficient (Wildman–Crippen LogP) is 0.746. The van der Waals surface area contributed by atoms with Crippen LogP contribution in [0.1, 0.15) is 10.5 Å². The first-order valence-electron chi connectivity index (χ1n) is 6.46. The number of nitrogens with zero attached hydrogens (tertiary/aromatic N) is 3. The van der Waals surface area contributed by atoms with E-state index < -0.39 is 11.9 Å². The molecule has 0 atom stereocenters. The van der Waals surface area contributed by atoms with Crippen LogP contribution in [0.4, 0.5) is 0 Å². The summed E-state index contributed by atoms with van der Waals surface area (Å²) in [5.74, 6) is -1.48. The first-order chi connectivity index (χ1) is 10.0. The molecule has 0 aliphatic rings. The van der Waals surface area contributed by atoms with Crippen LogP contribution in [-0.2, 0) is 16.6 Å². The van der Waals surface area contributed by atoms with E-state index in [0.29, 0.717) is 5.39 Å². The molecule has 0 radical (unpaired) electrons. The number of fused-ring (bicyclic) bond motifs is 1. The smallest absolute Gasteiger partial charge is 0.323 e. The van der Waals surface area contributed by atoms with Crippen molar-refractivity contribution in [1.82, 2.24) is 14.7 Å². The standard InChI is InChI=1S/C14H17N3O4/c1-16-11-6-4-3-5-10(11)13(15-16)14(20)17(7-8-21-2)9-12(18)19/h3-6H,7-9H2,1-2H3,(H,18,19). The molecule has 0 fully saturated rings. The van der Waals surface area contributed by atoms with Crippen LogP contribution in [0, 0.1) is 0 Å². The fourth-order valence-electron chi connectivity index (χ4n) is 2.14. The number of carbonyl (C=O) groups is 2. The number of hydrogen-bond donors (Lipinski definition) is 1. The lowest BCUT2D eigenvalue weighted by molar-refractivity contribution is -0.137. The summed E-state index contributed by atoms with van der Waals surface area (Å²) in [5, 5.41) is 13.9. The molecule has 0 bridgehead atoms. The van der Waals surface area contributed by atoms with Gasteiger partial charge in [0.1, 0.15) is 6.54 Å². The van der Waals surface area contributed by atoms with Crippen molar-refractivity contribution in [2.24, 2.45) is 7.05 Å². The van der Waals surface area contributed by atoms with Gasteiger partial charge in [-0.3, -0.25) is 14.3 Å². The maximum Gasteiger partial charge on any atom is 0.323 e. The number of aliphatic carboxylic acids is 1. The Morgan fingerprint density at radius 1 is 1.38 bits per heavy atom. The lowest BCUT2D eigenvalue weighted by Crippen LogP contribution is -2.38. The van der Waals surface area contributed by atoms with Gasteiger partial charge < -0.3 is 14.7 Å². The molecule has 0 unspecified atom stereocenters. The largest absolute Gasteiger partial charge is 0.480 e. The number of carbonyl (C=O) groups excluding carboxylic acids is 1.